The second-order valence-electron chi connectivity index (χ2n) is 3.35. The van der Waals surface area contributed by atoms with Gasteiger partial charge in [0.05, 0.1) is 0 Å². The van der Waals surface area contributed by atoms with Crippen molar-refractivity contribution >= 4 is 0 Å². The maximum atomic E-state index is 3.34. The molecule has 2 nitrogen and oxygen atoms in total. The van der Waals surface area contributed by atoms with Gasteiger partial charge in [-0.15, -0.1) is 0 Å². The van der Waals surface area contributed by atoms with Crippen molar-refractivity contribution in [3.05, 3.63) is 35.9 Å². The molecule has 1 aromatic carbocycles. The molecular weight excluding hydrogens is 160 g/mol. The number of hydrogen-bond donors (Lipinski definition) is 1. The van der Waals surface area contributed by atoms with Crippen LogP contribution in [0.4, 0.5) is 0 Å². The molecule has 0 unspecified atom stereocenters. The van der Waals surface area contributed by atoms with Gasteiger partial charge in [-0.25, -0.2) is 0 Å². The Bertz CT molecular complexity index is 240. The van der Waals surface area contributed by atoms with Crippen LogP contribution in [0.2, 0.25) is 0 Å². The number of rotatable bonds is 2. The Kier molecular flexibility index (Phi) is 2.81. The van der Waals surface area contributed by atoms with E-state index in [1.165, 1.54) is 5.56 Å². The SMILES string of the molecule is c1cccc(CN2CCNCC2)c#1. The molecule has 1 heterocycles. The van der Waals surface area contributed by atoms with Crippen molar-refractivity contribution in [2.75, 3.05) is 26.2 Å². The van der Waals surface area contributed by atoms with Crippen LogP contribution in [-0.2, 0) is 6.54 Å². The lowest BCUT2D eigenvalue weighted by Crippen LogP contribution is -2.42. The Morgan fingerprint density at radius 1 is 1.38 bits per heavy atom. The van der Waals surface area contributed by atoms with Crippen LogP contribution >= 0.6 is 0 Å². The fourth-order valence-electron chi connectivity index (χ4n) is 1.59. The Hall–Kier alpha value is -1.04. The van der Waals surface area contributed by atoms with Gasteiger partial charge < -0.3 is 5.32 Å². The third-order valence-electron chi connectivity index (χ3n) is 2.31. The lowest BCUT2D eigenvalue weighted by Gasteiger charge is -2.26. The Morgan fingerprint density at radius 3 is 2.92 bits per heavy atom. The zero-order valence-corrected chi connectivity index (χ0v) is 7.71. The van der Waals surface area contributed by atoms with E-state index in [1.54, 1.807) is 0 Å². The van der Waals surface area contributed by atoms with Crippen LogP contribution in [0.3, 0.4) is 0 Å². The number of piperazine rings is 1. The molecule has 0 saturated carbocycles. The van der Waals surface area contributed by atoms with Crippen LogP contribution in [0.1, 0.15) is 5.56 Å². The summed E-state index contributed by atoms with van der Waals surface area (Å²) >= 11 is 0. The minimum absolute atomic E-state index is 1.01. The average molecular weight is 174 g/mol. The molecule has 0 bridgehead atoms. The highest BCUT2D eigenvalue weighted by atomic mass is 15.2. The molecule has 1 N–H and O–H groups in total. The molecule has 1 aromatic rings. The minimum Gasteiger partial charge on any atom is -0.314 e. The van der Waals surface area contributed by atoms with Crippen molar-refractivity contribution < 1.29 is 0 Å². The van der Waals surface area contributed by atoms with Crippen molar-refractivity contribution in [3.63, 3.8) is 0 Å². The second kappa shape index (κ2) is 4.27. The van der Waals surface area contributed by atoms with Gasteiger partial charge in [-0.05, 0) is 12.1 Å². The monoisotopic (exact) mass is 174 g/mol. The van der Waals surface area contributed by atoms with Crippen molar-refractivity contribution in [2.24, 2.45) is 0 Å². The van der Waals surface area contributed by atoms with Crippen LogP contribution in [0.15, 0.2) is 18.2 Å². The summed E-state index contributed by atoms with van der Waals surface area (Å²) in [5, 5.41) is 3.34. The Morgan fingerprint density at radius 2 is 2.23 bits per heavy atom. The van der Waals surface area contributed by atoms with Crippen LogP contribution in [0, 0.1) is 12.1 Å². The minimum atomic E-state index is 1.01. The van der Waals surface area contributed by atoms with E-state index >= 15 is 0 Å². The summed E-state index contributed by atoms with van der Waals surface area (Å²) in [5.74, 6) is 0. The van der Waals surface area contributed by atoms with E-state index in [2.05, 4.69) is 28.4 Å². The lowest BCUT2D eigenvalue weighted by atomic mass is 10.2. The molecule has 13 heavy (non-hydrogen) atoms. The standard InChI is InChI=1S/C11H14N2/c1-2-4-11(5-3-1)10-13-8-6-12-7-9-13/h1-2,4,12H,6-10H2. The lowest BCUT2D eigenvalue weighted by molar-refractivity contribution is 0.233. The fourth-order valence-corrected chi connectivity index (χ4v) is 1.59. The highest BCUT2D eigenvalue weighted by Gasteiger charge is 2.08. The third kappa shape index (κ3) is 2.45. The van der Waals surface area contributed by atoms with Crippen LogP contribution < -0.4 is 5.32 Å². The maximum absolute atomic E-state index is 3.34. The van der Waals surface area contributed by atoms with Gasteiger partial charge in [-0.2, -0.15) is 0 Å². The summed E-state index contributed by atoms with van der Waals surface area (Å²) in [6.07, 6.45) is 0. The molecule has 1 aliphatic rings. The molecule has 0 atom stereocenters. The van der Waals surface area contributed by atoms with Crippen molar-refractivity contribution in [2.45, 2.75) is 6.54 Å². The first-order chi connectivity index (χ1) is 6.45. The van der Waals surface area contributed by atoms with E-state index in [9.17, 15) is 0 Å². The molecular formula is C11H14N2. The second-order valence-corrected chi connectivity index (χ2v) is 3.35. The topological polar surface area (TPSA) is 15.3 Å². The first-order valence-corrected chi connectivity index (χ1v) is 4.75. The normalized spacial score (nSPS) is 18.2. The fraction of sp³-hybridized carbons (Fsp3) is 0.455. The van der Waals surface area contributed by atoms with Gasteiger partial charge in [-0.3, -0.25) is 4.90 Å². The van der Waals surface area contributed by atoms with Crippen LogP contribution in [0.25, 0.3) is 0 Å². The quantitative estimate of drug-likeness (QED) is 0.709. The van der Waals surface area contributed by atoms with Crippen LogP contribution in [0.5, 0.6) is 0 Å². The summed E-state index contributed by atoms with van der Waals surface area (Å²) in [4.78, 5) is 2.44. The predicted molar refractivity (Wildman–Crippen MR) is 52.3 cm³/mol. The van der Waals surface area contributed by atoms with Crippen LogP contribution in [-0.4, -0.2) is 31.1 Å². The van der Waals surface area contributed by atoms with E-state index in [0.717, 1.165) is 32.7 Å². The molecule has 2 rings (SSSR count). The molecule has 1 saturated heterocycles. The van der Waals surface area contributed by atoms with Crippen molar-refractivity contribution in [1.29, 1.82) is 0 Å². The van der Waals surface area contributed by atoms with E-state index in [-0.39, 0.29) is 0 Å². The third-order valence-corrected chi connectivity index (χ3v) is 2.31. The zero-order valence-electron chi connectivity index (χ0n) is 7.71. The summed E-state index contributed by atoms with van der Waals surface area (Å²) in [6, 6.07) is 12.1. The molecule has 0 aromatic heterocycles. The molecule has 1 fully saturated rings. The molecule has 1 aliphatic heterocycles. The maximum Gasteiger partial charge on any atom is 0.0314 e. The van der Waals surface area contributed by atoms with Gasteiger partial charge in [0.25, 0.3) is 0 Å². The van der Waals surface area contributed by atoms with Crippen molar-refractivity contribution in [1.82, 2.24) is 10.2 Å². The predicted octanol–water partition coefficient (Wildman–Crippen LogP) is 0.692. The first kappa shape index (κ1) is 8.55. The number of nitrogens with one attached hydrogen (secondary N) is 1. The Labute approximate surface area is 79.6 Å². The highest BCUT2D eigenvalue weighted by molar-refractivity contribution is 5.07. The molecule has 0 radical (unpaired) electrons. The van der Waals surface area contributed by atoms with Crippen molar-refractivity contribution in [3.8, 4) is 0 Å². The summed E-state index contributed by atoms with van der Waals surface area (Å²) in [7, 11) is 0. The van der Waals surface area contributed by atoms with Gasteiger partial charge in [0.1, 0.15) is 0 Å². The number of nitrogens with zero attached hydrogens (tertiary/aromatic N) is 1. The zero-order chi connectivity index (χ0) is 8.93. The van der Waals surface area contributed by atoms with E-state index in [0.29, 0.717) is 0 Å². The van der Waals surface area contributed by atoms with Gasteiger partial charge in [0.2, 0.25) is 0 Å². The largest absolute Gasteiger partial charge is 0.314 e. The molecule has 0 aliphatic carbocycles. The smallest absolute Gasteiger partial charge is 0.0314 e. The first-order valence-electron chi connectivity index (χ1n) is 4.75. The average Bonchev–Trinajstić information content (AvgIpc) is 2.21. The van der Waals surface area contributed by atoms with Gasteiger partial charge in [0.15, 0.2) is 0 Å². The van der Waals surface area contributed by atoms with E-state index < -0.39 is 0 Å². The molecule has 0 amide bonds. The summed E-state index contributed by atoms with van der Waals surface area (Å²) < 4.78 is 0. The number of hydrogen-bond acceptors (Lipinski definition) is 2. The summed E-state index contributed by atoms with van der Waals surface area (Å²) in [6.45, 7) is 5.51. The highest BCUT2D eigenvalue weighted by Crippen LogP contribution is 2.01. The molecule has 0 spiro atoms. The molecule has 2 heteroatoms. The van der Waals surface area contributed by atoms with E-state index in [4.69, 9.17) is 0 Å². The van der Waals surface area contributed by atoms with E-state index in [1.807, 2.05) is 12.1 Å². The van der Waals surface area contributed by atoms with Gasteiger partial charge in [0, 0.05) is 38.3 Å². The molecule has 68 valence electrons. The Balaban J connectivity index is 1.90. The summed E-state index contributed by atoms with van der Waals surface area (Å²) in [5.41, 5.74) is 1.24. The van der Waals surface area contributed by atoms with Gasteiger partial charge in [-0.1, -0.05) is 18.2 Å². The van der Waals surface area contributed by atoms with Gasteiger partial charge >= 0.3 is 0 Å².